The number of halogens is 2. The minimum absolute atomic E-state index is 0.00117. The topological polar surface area (TPSA) is 95.7 Å². The Morgan fingerprint density at radius 2 is 1.95 bits per heavy atom. The van der Waals surface area contributed by atoms with E-state index in [2.05, 4.69) is 4.72 Å². The Kier molecular flexibility index (Phi) is 5.88. The van der Waals surface area contributed by atoms with Gasteiger partial charge in [-0.25, -0.2) is 13.1 Å². The van der Waals surface area contributed by atoms with Gasteiger partial charge in [0.2, 0.25) is 10.0 Å². The van der Waals surface area contributed by atoms with Crippen molar-refractivity contribution in [1.29, 1.82) is 0 Å². The van der Waals surface area contributed by atoms with Crippen molar-refractivity contribution < 1.29 is 13.5 Å². The predicted octanol–water partition coefficient (Wildman–Crippen LogP) is 1.17. The molecule has 0 aromatic heterocycles. The summed E-state index contributed by atoms with van der Waals surface area (Å²) in [4.78, 5) is 1.58. The Bertz CT molecular complexity index is 618. The molecule has 0 amide bonds. The average Bonchev–Trinajstić information content (AvgIpc) is 2.32. The lowest BCUT2D eigenvalue weighted by Gasteiger charge is -2.27. The molecule has 120 valence electrons. The second-order valence-corrected chi connectivity index (χ2v) is 7.85. The van der Waals surface area contributed by atoms with Gasteiger partial charge in [-0.3, -0.25) is 0 Å². The van der Waals surface area contributed by atoms with E-state index in [1.54, 1.807) is 19.0 Å². The zero-order chi connectivity index (χ0) is 16.4. The number of likely N-dealkylation sites (N-methyl/N-ethyl adjacent to an activating group) is 1. The third-order valence-corrected chi connectivity index (χ3v) is 4.97. The van der Waals surface area contributed by atoms with Crippen molar-refractivity contribution in [2.75, 3.05) is 32.9 Å². The largest absolute Gasteiger partial charge is 0.396 e. The molecule has 0 saturated carbocycles. The van der Waals surface area contributed by atoms with Gasteiger partial charge in [0.05, 0.1) is 21.3 Å². The summed E-state index contributed by atoms with van der Waals surface area (Å²) in [5.74, 6) is 0. The number of nitrogens with one attached hydrogen (secondary N) is 1. The molecule has 4 N–H and O–H groups in total. The fourth-order valence-electron chi connectivity index (χ4n) is 1.82. The van der Waals surface area contributed by atoms with Gasteiger partial charge < -0.3 is 15.7 Å². The molecule has 1 aromatic carbocycles. The van der Waals surface area contributed by atoms with Gasteiger partial charge in [-0.2, -0.15) is 0 Å². The van der Waals surface area contributed by atoms with E-state index < -0.39 is 15.6 Å². The number of nitrogen functional groups attached to an aromatic ring is 1. The third kappa shape index (κ3) is 4.98. The van der Waals surface area contributed by atoms with Crippen molar-refractivity contribution in [2.24, 2.45) is 0 Å². The quantitative estimate of drug-likeness (QED) is 0.665. The van der Waals surface area contributed by atoms with Crippen molar-refractivity contribution in [2.45, 2.75) is 17.4 Å². The number of rotatable bonds is 6. The molecule has 1 aromatic rings. The molecule has 1 unspecified atom stereocenters. The number of hydrogen-bond donors (Lipinski definition) is 3. The van der Waals surface area contributed by atoms with Gasteiger partial charge >= 0.3 is 0 Å². The van der Waals surface area contributed by atoms with Crippen LogP contribution in [0.25, 0.3) is 0 Å². The average molecular weight is 356 g/mol. The Labute approximate surface area is 134 Å². The Hall–Kier alpha value is -0.570. The molecule has 0 bridgehead atoms. The molecule has 0 heterocycles. The van der Waals surface area contributed by atoms with Crippen LogP contribution in [0, 0.1) is 0 Å². The number of sulfonamides is 1. The van der Waals surface area contributed by atoms with Crippen LogP contribution in [0.5, 0.6) is 0 Å². The van der Waals surface area contributed by atoms with Crippen molar-refractivity contribution in [3.63, 3.8) is 0 Å². The van der Waals surface area contributed by atoms with Crippen molar-refractivity contribution >= 4 is 38.9 Å². The summed E-state index contributed by atoms with van der Waals surface area (Å²) in [6, 6.07) is 2.62. The van der Waals surface area contributed by atoms with E-state index in [4.69, 9.17) is 28.9 Å². The lowest BCUT2D eigenvalue weighted by Crippen LogP contribution is -2.47. The highest BCUT2D eigenvalue weighted by atomic mass is 35.5. The molecule has 1 rings (SSSR count). The monoisotopic (exact) mass is 355 g/mol. The van der Waals surface area contributed by atoms with Gasteiger partial charge in [0, 0.05) is 13.1 Å². The number of anilines is 1. The SMILES string of the molecule is CN(C)CC(C)(O)CNS(=O)(=O)c1ccc(Cl)c(N)c1Cl. The molecular formula is C12H19Cl2N3O3S. The number of nitrogens with two attached hydrogens (primary N) is 1. The van der Waals surface area contributed by atoms with Crippen LogP contribution in [-0.4, -0.2) is 51.2 Å². The highest BCUT2D eigenvalue weighted by Gasteiger charge is 2.26. The minimum atomic E-state index is -3.90. The van der Waals surface area contributed by atoms with Crippen molar-refractivity contribution in [3.05, 3.63) is 22.2 Å². The van der Waals surface area contributed by atoms with E-state index in [9.17, 15) is 13.5 Å². The van der Waals surface area contributed by atoms with E-state index in [0.29, 0.717) is 6.54 Å². The fourth-order valence-corrected chi connectivity index (χ4v) is 3.75. The number of hydrogen-bond acceptors (Lipinski definition) is 5. The van der Waals surface area contributed by atoms with Crippen LogP contribution >= 0.6 is 23.2 Å². The predicted molar refractivity (Wildman–Crippen MR) is 85.2 cm³/mol. The maximum atomic E-state index is 12.2. The van der Waals surface area contributed by atoms with Gasteiger partial charge in [-0.15, -0.1) is 0 Å². The summed E-state index contributed by atoms with van der Waals surface area (Å²) in [6.45, 7) is 1.67. The molecule has 1 atom stereocenters. The normalized spacial score (nSPS) is 15.2. The van der Waals surface area contributed by atoms with E-state index >= 15 is 0 Å². The highest BCUT2D eigenvalue weighted by molar-refractivity contribution is 7.89. The summed E-state index contributed by atoms with van der Waals surface area (Å²) >= 11 is 11.7. The molecule has 0 aliphatic heterocycles. The zero-order valence-corrected chi connectivity index (χ0v) is 14.3. The molecule has 0 aliphatic carbocycles. The lowest BCUT2D eigenvalue weighted by atomic mass is 10.1. The van der Waals surface area contributed by atoms with Crippen LogP contribution in [0.2, 0.25) is 10.0 Å². The molecular weight excluding hydrogens is 337 g/mol. The minimum Gasteiger partial charge on any atom is -0.396 e. The first-order valence-electron chi connectivity index (χ1n) is 6.06. The first-order valence-corrected chi connectivity index (χ1v) is 8.30. The van der Waals surface area contributed by atoms with Crippen LogP contribution in [0.4, 0.5) is 5.69 Å². The Morgan fingerprint density at radius 1 is 1.38 bits per heavy atom. The molecule has 6 nitrogen and oxygen atoms in total. The standard InChI is InChI=1S/C12H19Cl2N3O3S/c1-12(18,7-17(2)3)6-16-21(19,20)9-5-4-8(13)11(15)10(9)14/h4-5,16,18H,6-7,15H2,1-3H3. The van der Waals surface area contributed by atoms with E-state index in [0.717, 1.165) is 0 Å². The second-order valence-electron chi connectivity index (χ2n) is 5.33. The van der Waals surface area contributed by atoms with Crippen LogP contribution in [0.1, 0.15) is 6.92 Å². The molecule has 0 radical (unpaired) electrons. The maximum Gasteiger partial charge on any atom is 0.242 e. The molecule has 0 aliphatic rings. The summed E-state index contributed by atoms with van der Waals surface area (Å²) in [5, 5.41) is 10.2. The number of nitrogens with zero attached hydrogens (tertiary/aromatic N) is 1. The Balaban J connectivity index is 2.96. The molecule has 0 spiro atoms. The maximum absolute atomic E-state index is 12.2. The lowest BCUT2D eigenvalue weighted by molar-refractivity contribution is 0.0386. The van der Waals surface area contributed by atoms with Crippen molar-refractivity contribution in [3.8, 4) is 0 Å². The molecule has 0 saturated heterocycles. The molecule has 21 heavy (non-hydrogen) atoms. The van der Waals surface area contributed by atoms with Crippen LogP contribution in [0.15, 0.2) is 17.0 Å². The van der Waals surface area contributed by atoms with Crippen LogP contribution in [-0.2, 0) is 10.0 Å². The fraction of sp³-hybridized carbons (Fsp3) is 0.500. The smallest absolute Gasteiger partial charge is 0.242 e. The van der Waals surface area contributed by atoms with E-state index in [1.807, 2.05) is 0 Å². The zero-order valence-electron chi connectivity index (χ0n) is 12.0. The van der Waals surface area contributed by atoms with Gasteiger partial charge in [-0.05, 0) is 33.2 Å². The third-order valence-electron chi connectivity index (χ3n) is 2.68. The first kappa shape index (κ1) is 18.5. The second kappa shape index (κ2) is 6.68. The van der Waals surface area contributed by atoms with Crippen LogP contribution < -0.4 is 10.5 Å². The number of aliphatic hydroxyl groups is 1. The summed E-state index contributed by atoms with van der Waals surface area (Å²) < 4.78 is 26.8. The van der Waals surface area contributed by atoms with Crippen molar-refractivity contribution in [1.82, 2.24) is 9.62 Å². The molecule has 9 heteroatoms. The Morgan fingerprint density at radius 3 is 2.48 bits per heavy atom. The first-order chi connectivity index (χ1) is 9.46. The van der Waals surface area contributed by atoms with Gasteiger partial charge in [0.25, 0.3) is 0 Å². The van der Waals surface area contributed by atoms with Gasteiger partial charge in [0.15, 0.2) is 0 Å². The van der Waals surface area contributed by atoms with E-state index in [-0.39, 0.29) is 27.2 Å². The summed E-state index contributed by atoms with van der Waals surface area (Å²) in [6.07, 6.45) is 0. The van der Waals surface area contributed by atoms with Gasteiger partial charge in [0.1, 0.15) is 4.90 Å². The highest BCUT2D eigenvalue weighted by Crippen LogP contribution is 2.32. The molecule has 0 fully saturated rings. The van der Waals surface area contributed by atoms with Crippen LogP contribution in [0.3, 0.4) is 0 Å². The number of benzene rings is 1. The van der Waals surface area contributed by atoms with Gasteiger partial charge in [-0.1, -0.05) is 23.2 Å². The summed E-state index contributed by atoms with van der Waals surface area (Å²) in [5.41, 5.74) is 4.39. The summed E-state index contributed by atoms with van der Waals surface area (Å²) in [7, 11) is -0.343. The van der Waals surface area contributed by atoms with E-state index in [1.165, 1.54) is 19.1 Å².